The Balaban J connectivity index is 2.14. The second-order valence-electron chi connectivity index (χ2n) is 6.11. The van der Waals surface area contributed by atoms with Gasteiger partial charge in [-0.25, -0.2) is 0 Å². The highest BCUT2D eigenvalue weighted by atomic mass is 35.5. The summed E-state index contributed by atoms with van der Waals surface area (Å²) in [5.74, 6) is -0.358. The molecule has 0 saturated carbocycles. The van der Waals surface area contributed by atoms with Crippen LogP contribution in [0.15, 0.2) is 30.9 Å². The third-order valence-corrected chi connectivity index (χ3v) is 4.59. The van der Waals surface area contributed by atoms with Gasteiger partial charge in [-0.2, -0.15) is 0 Å². The minimum absolute atomic E-state index is 0.0129. The minimum Gasteiger partial charge on any atom is -0.404 e. The van der Waals surface area contributed by atoms with Gasteiger partial charge in [0.1, 0.15) is 5.75 Å². The van der Waals surface area contributed by atoms with Crippen molar-refractivity contribution in [2.24, 2.45) is 0 Å². The molecule has 1 atom stereocenters. The van der Waals surface area contributed by atoms with Gasteiger partial charge in [0.25, 0.3) is 0 Å². The predicted molar refractivity (Wildman–Crippen MR) is 94.0 cm³/mol. The molecule has 1 fully saturated rings. The van der Waals surface area contributed by atoms with Crippen LogP contribution in [0.1, 0.15) is 37.3 Å². The molecule has 1 aliphatic heterocycles. The van der Waals surface area contributed by atoms with Gasteiger partial charge in [0.2, 0.25) is 0 Å². The molecule has 7 heteroatoms. The van der Waals surface area contributed by atoms with Crippen molar-refractivity contribution in [3.63, 3.8) is 0 Å². The average Bonchev–Trinajstić information content (AvgIpc) is 2.57. The van der Waals surface area contributed by atoms with E-state index in [2.05, 4.69) is 21.5 Å². The quantitative estimate of drug-likeness (QED) is 0.514. The Kier molecular flexibility index (Phi) is 7.59. The molecular weight excluding hydrogens is 353 g/mol. The van der Waals surface area contributed by atoms with Crippen LogP contribution in [0.25, 0.3) is 0 Å². The Hall–Kier alpha value is -1.24. The molecule has 0 aromatic heterocycles. The highest BCUT2D eigenvalue weighted by Crippen LogP contribution is 2.35. The third-order valence-electron chi connectivity index (χ3n) is 4.29. The number of nitrogens with zero attached hydrogens (tertiary/aromatic N) is 1. The van der Waals surface area contributed by atoms with E-state index in [1.807, 2.05) is 6.08 Å². The van der Waals surface area contributed by atoms with Crippen molar-refractivity contribution >= 4 is 11.6 Å². The van der Waals surface area contributed by atoms with E-state index in [9.17, 15) is 13.2 Å². The highest BCUT2D eigenvalue weighted by molar-refractivity contribution is 6.32. The van der Waals surface area contributed by atoms with Crippen molar-refractivity contribution in [3.8, 4) is 5.75 Å². The lowest BCUT2D eigenvalue weighted by Gasteiger charge is -2.35. The number of alkyl halides is 3. The zero-order valence-corrected chi connectivity index (χ0v) is 14.9. The van der Waals surface area contributed by atoms with Crippen molar-refractivity contribution in [1.29, 1.82) is 0 Å². The number of nitrogens with one attached hydrogen (secondary N) is 1. The lowest BCUT2D eigenvalue weighted by atomic mass is 9.98. The largest absolute Gasteiger partial charge is 0.573 e. The SMILES string of the molecule is C=CCCCC[C@@H](c1ccc(OC(F)(F)F)c(Cl)c1)N1CCNCC1. The summed E-state index contributed by atoms with van der Waals surface area (Å²) in [6.07, 6.45) is 1.14. The Morgan fingerprint density at radius 3 is 2.60 bits per heavy atom. The first kappa shape index (κ1) is 20.1. The van der Waals surface area contributed by atoms with Crippen LogP contribution in [0.3, 0.4) is 0 Å². The summed E-state index contributed by atoms with van der Waals surface area (Å²) in [6.45, 7) is 7.37. The first-order valence-electron chi connectivity index (χ1n) is 8.51. The summed E-state index contributed by atoms with van der Waals surface area (Å²) >= 11 is 6.03. The maximum Gasteiger partial charge on any atom is 0.573 e. The van der Waals surface area contributed by atoms with Crippen molar-refractivity contribution < 1.29 is 17.9 Å². The molecule has 1 heterocycles. The van der Waals surface area contributed by atoms with Crippen LogP contribution < -0.4 is 10.1 Å². The number of allylic oxidation sites excluding steroid dienone is 1. The second-order valence-corrected chi connectivity index (χ2v) is 6.52. The molecule has 0 aliphatic carbocycles. The van der Waals surface area contributed by atoms with Crippen LogP contribution >= 0.6 is 11.6 Å². The van der Waals surface area contributed by atoms with Gasteiger partial charge in [-0.15, -0.1) is 19.8 Å². The summed E-state index contributed by atoms with van der Waals surface area (Å²) in [5, 5.41) is 3.30. The molecule has 0 unspecified atom stereocenters. The van der Waals surface area contributed by atoms with Crippen LogP contribution in [0.2, 0.25) is 5.02 Å². The Morgan fingerprint density at radius 1 is 1.28 bits per heavy atom. The lowest BCUT2D eigenvalue weighted by molar-refractivity contribution is -0.274. The zero-order valence-electron chi connectivity index (χ0n) is 14.1. The smallest absolute Gasteiger partial charge is 0.404 e. The fraction of sp³-hybridized carbons (Fsp3) is 0.556. The first-order valence-corrected chi connectivity index (χ1v) is 8.89. The van der Waals surface area contributed by atoms with E-state index in [1.165, 1.54) is 6.07 Å². The molecule has 0 spiro atoms. The monoisotopic (exact) mass is 376 g/mol. The Labute approximate surface area is 151 Å². The van der Waals surface area contributed by atoms with E-state index in [0.717, 1.165) is 57.4 Å². The second kappa shape index (κ2) is 9.46. The van der Waals surface area contributed by atoms with Crippen LogP contribution in [0.4, 0.5) is 13.2 Å². The van der Waals surface area contributed by atoms with E-state index in [1.54, 1.807) is 12.1 Å². The fourth-order valence-electron chi connectivity index (χ4n) is 3.11. The molecule has 2 rings (SSSR count). The van der Waals surface area contributed by atoms with Gasteiger partial charge < -0.3 is 10.1 Å². The summed E-state index contributed by atoms with van der Waals surface area (Å²) in [4.78, 5) is 2.36. The van der Waals surface area contributed by atoms with Gasteiger partial charge in [-0.1, -0.05) is 30.2 Å². The molecule has 1 saturated heterocycles. The van der Waals surface area contributed by atoms with E-state index in [0.29, 0.717) is 0 Å². The van der Waals surface area contributed by atoms with Crippen molar-refractivity contribution in [2.45, 2.75) is 38.1 Å². The predicted octanol–water partition coefficient (Wildman–Crippen LogP) is 4.93. The normalized spacial score (nSPS) is 17.3. The van der Waals surface area contributed by atoms with E-state index >= 15 is 0 Å². The summed E-state index contributed by atoms with van der Waals surface area (Å²) in [7, 11) is 0. The molecule has 0 radical (unpaired) electrons. The molecule has 1 aromatic carbocycles. The topological polar surface area (TPSA) is 24.5 Å². The Bertz CT molecular complexity index is 560. The third kappa shape index (κ3) is 6.53. The molecule has 0 amide bonds. The number of piperazine rings is 1. The number of hydrogen-bond acceptors (Lipinski definition) is 3. The molecule has 0 bridgehead atoms. The number of halogens is 4. The molecule has 3 nitrogen and oxygen atoms in total. The first-order chi connectivity index (χ1) is 11.9. The summed E-state index contributed by atoms with van der Waals surface area (Å²) < 4.78 is 41.2. The van der Waals surface area contributed by atoms with Crippen molar-refractivity contribution in [2.75, 3.05) is 26.2 Å². The molecule has 25 heavy (non-hydrogen) atoms. The fourth-order valence-corrected chi connectivity index (χ4v) is 3.34. The van der Waals surface area contributed by atoms with Crippen LogP contribution in [-0.4, -0.2) is 37.4 Å². The number of ether oxygens (including phenoxy) is 1. The number of hydrogen-bond donors (Lipinski definition) is 1. The molecular formula is C18H24ClF3N2O. The molecule has 1 aliphatic rings. The van der Waals surface area contributed by atoms with Gasteiger partial charge >= 0.3 is 6.36 Å². The number of benzene rings is 1. The number of rotatable bonds is 8. The van der Waals surface area contributed by atoms with Crippen LogP contribution in [0, 0.1) is 0 Å². The van der Waals surface area contributed by atoms with Gasteiger partial charge in [-0.3, -0.25) is 4.90 Å². The summed E-state index contributed by atoms with van der Waals surface area (Å²) in [6, 6.07) is 4.74. The van der Waals surface area contributed by atoms with Gasteiger partial charge in [0.15, 0.2) is 0 Å². The molecule has 140 valence electrons. The number of unbranched alkanes of at least 4 members (excludes halogenated alkanes) is 2. The van der Waals surface area contributed by atoms with E-state index < -0.39 is 6.36 Å². The highest BCUT2D eigenvalue weighted by Gasteiger charge is 2.32. The van der Waals surface area contributed by atoms with E-state index in [-0.39, 0.29) is 16.8 Å². The lowest BCUT2D eigenvalue weighted by Crippen LogP contribution is -2.45. The van der Waals surface area contributed by atoms with Crippen molar-refractivity contribution in [1.82, 2.24) is 10.2 Å². The van der Waals surface area contributed by atoms with Crippen LogP contribution in [0.5, 0.6) is 5.75 Å². The van der Waals surface area contributed by atoms with Crippen molar-refractivity contribution in [3.05, 3.63) is 41.4 Å². The average molecular weight is 377 g/mol. The Morgan fingerprint density at radius 2 is 2.00 bits per heavy atom. The standard InChI is InChI=1S/C18H24ClF3N2O/c1-2-3-4-5-6-16(24-11-9-23-10-12-24)14-7-8-17(15(19)13-14)25-18(20,21)22/h2,7-8,13,16,23H,1,3-6,9-12H2/t16-/m0/s1. The maximum atomic E-state index is 12.4. The molecule has 1 aromatic rings. The summed E-state index contributed by atoms with van der Waals surface area (Å²) in [5.41, 5.74) is 0.931. The zero-order chi connectivity index (χ0) is 18.3. The minimum atomic E-state index is -4.74. The van der Waals surface area contributed by atoms with Gasteiger partial charge in [-0.05, 0) is 37.0 Å². The van der Waals surface area contributed by atoms with Crippen LogP contribution in [-0.2, 0) is 0 Å². The van der Waals surface area contributed by atoms with E-state index in [4.69, 9.17) is 11.6 Å². The van der Waals surface area contributed by atoms with Gasteiger partial charge in [0.05, 0.1) is 5.02 Å². The maximum absolute atomic E-state index is 12.4. The van der Waals surface area contributed by atoms with Gasteiger partial charge in [0, 0.05) is 32.2 Å². The molecule has 1 N–H and O–H groups in total.